The molecule has 1 aromatic heterocycles. The number of aromatic nitrogens is 1. The van der Waals surface area contributed by atoms with Gasteiger partial charge in [-0.15, -0.1) is 11.3 Å². The summed E-state index contributed by atoms with van der Waals surface area (Å²) in [6.07, 6.45) is 2.59. The van der Waals surface area contributed by atoms with Crippen molar-refractivity contribution in [1.82, 2.24) is 9.88 Å². The highest BCUT2D eigenvalue weighted by molar-refractivity contribution is 7.11. The van der Waals surface area contributed by atoms with Crippen LogP contribution in [0.25, 0.3) is 0 Å². The highest BCUT2D eigenvalue weighted by Crippen LogP contribution is 2.26. The molecular formula is C15H17N3OS. The summed E-state index contributed by atoms with van der Waals surface area (Å²) in [6.45, 7) is 3.49. The third-order valence-electron chi connectivity index (χ3n) is 3.70. The van der Waals surface area contributed by atoms with E-state index in [0.717, 1.165) is 18.1 Å². The van der Waals surface area contributed by atoms with Gasteiger partial charge in [0.15, 0.2) is 0 Å². The lowest BCUT2D eigenvalue weighted by Gasteiger charge is -2.34. The van der Waals surface area contributed by atoms with E-state index in [9.17, 15) is 4.79 Å². The van der Waals surface area contributed by atoms with Crippen LogP contribution in [0, 0.1) is 6.92 Å². The Kier molecular flexibility index (Phi) is 3.54. The Labute approximate surface area is 122 Å². The maximum Gasteiger partial charge on any atom is 0.235 e. The molecule has 0 radical (unpaired) electrons. The molecule has 0 unspecified atom stereocenters. The summed E-state index contributed by atoms with van der Waals surface area (Å²) < 4.78 is 0. The zero-order valence-electron chi connectivity index (χ0n) is 11.4. The lowest BCUT2D eigenvalue weighted by Crippen LogP contribution is -2.47. The van der Waals surface area contributed by atoms with Gasteiger partial charge in [0.25, 0.3) is 0 Å². The fraction of sp³-hybridized carbons (Fsp3) is 0.333. The number of hydrogen-bond acceptors (Lipinski definition) is 4. The molecule has 1 aromatic carbocycles. The van der Waals surface area contributed by atoms with Crippen molar-refractivity contribution in [3.05, 3.63) is 51.5 Å². The van der Waals surface area contributed by atoms with Crippen molar-refractivity contribution < 1.29 is 4.79 Å². The zero-order valence-corrected chi connectivity index (χ0v) is 12.2. The average Bonchev–Trinajstić information content (AvgIpc) is 2.83. The van der Waals surface area contributed by atoms with E-state index in [0.29, 0.717) is 6.42 Å². The van der Waals surface area contributed by atoms with Crippen LogP contribution in [0.1, 0.15) is 21.0 Å². The van der Waals surface area contributed by atoms with Crippen LogP contribution < -0.4 is 5.73 Å². The molecule has 5 heteroatoms. The highest BCUT2D eigenvalue weighted by Gasteiger charge is 2.30. The summed E-state index contributed by atoms with van der Waals surface area (Å²) in [6, 6.07) is 8.03. The van der Waals surface area contributed by atoms with Gasteiger partial charge in [0.1, 0.15) is 0 Å². The van der Waals surface area contributed by atoms with E-state index in [2.05, 4.69) is 22.0 Å². The van der Waals surface area contributed by atoms with Gasteiger partial charge in [-0.1, -0.05) is 24.3 Å². The van der Waals surface area contributed by atoms with E-state index in [1.165, 1.54) is 16.0 Å². The largest absolute Gasteiger partial charge is 0.368 e. The highest BCUT2D eigenvalue weighted by atomic mass is 32.1. The Morgan fingerprint density at radius 2 is 2.20 bits per heavy atom. The van der Waals surface area contributed by atoms with E-state index < -0.39 is 0 Å². The predicted octanol–water partition coefficient (Wildman–Crippen LogP) is 1.86. The zero-order chi connectivity index (χ0) is 14.1. The number of thiazole rings is 1. The molecular weight excluding hydrogens is 270 g/mol. The summed E-state index contributed by atoms with van der Waals surface area (Å²) in [7, 11) is 0. The van der Waals surface area contributed by atoms with Gasteiger partial charge >= 0.3 is 0 Å². The van der Waals surface area contributed by atoms with Crippen LogP contribution in [0.4, 0.5) is 0 Å². The average molecular weight is 287 g/mol. The Hall–Kier alpha value is -1.72. The number of nitrogens with two attached hydrogens (primary N) is 1. The Morgan fingerprint density at radius 1 is 1.45 bits per heavy atom. The SMILES string of the molecule is Cc1ncc(CN2Cc3ccccc3C[C@H]2C(N)=O)s1. The first kappa shape index (κ1) is 13.3. The third kappa shape index (κ3) is 2.59. The van der Waals surface area contributed by atoms with Crippen molar-refractivity contribution in [3.63, 3.8) is 0 Å². The van der Waals surface area contributed by atoms with Gasteiger partial charge in [0.2, 0.25) is 5.91 Å². The van der Waals surface area contributed by atoms with Crippen molar-refractivity contribution in [2.24, 2.45) is 5.73 Å². The molecule has 0 bridgehead atoms. The molecule has 0 spiro atoms. The number of hydrogen-bond donors (Lipinski definition) is 1. The number of fused-ring (bicyclic) bond motifs is 1. The number of carbonyl (C=O) groups is 1. The van der Waals surface area contributed by atoms with E-state index in [1.807, 2.05) is 25.3 Å². The number of aryl methyl sites for hydroxylation is 1. The molecule has 2 N–H and O–H groups in total. The van der Waals surface area contributed by atoms with E-state index in [4.69, 9.17) is 5.73 Å². The normalized spacial score (nSPS) is 18.8. The maximum absolute atomic E-state index is 11.7. The lowest BCUT2D eigenvalue weighted by atomic mass is 9.93. The summed E-state index contributed by atoms with van der Waals surface area (Å²) >= 11 is 1.67. The van der Waals surface area contributed by atoms with Gasteiger partial charge in [0.05, 0.1) is 11.0 Å². The topological polar surface area (TPSA) is 59.2 Å². The van der Waals surface area contributed by atoms with Crippen molar-refractivity contribution in [1.29, 1.82) is 0 Å². The minimum absolute atomic E-state index is 0.229. The van der Waals surface area contributed by atoms with Gasteiger partial charge in [0, 0.05) is 24.2 Å². The van der Waals surface area contributed by atoms with Gasteiger partial charge in [-0.05, 0) is 24.5 Å². The first-order valence-electron chi connectivity index (χ1n) is 6.65. The molecule has 1 aliphatic rings. The quantitative estimate of drug-likeness (QED) is 0.937. The number of primary amides is 1. The fourth-order valence-corrected chi connectivity index (χ4v) is 3.52. The molecule has 1 amide bonds. The molecule has 2 aromatic rings. The van der Waals surface area contributed by atoms with Gasteiger partial charge < -0.3 is 5.73 Å². The number of benzene rings is 1. The molecule has 104 valence electrons. The minimum atomic E-state index is -0.249. The lowest BCUT2D eigenvalue weighted by molar-refractivity contribution is -0.124. The Balaban J connectivity index is 1.86. The van der Waals surface area contributed by atoms with Crippen molar-refractivity contribution >= 4 is 17.2 Å². The summed E-state index contributed by atoms with van der Waals surface area (Å²) in [5.74, 6) is -0.249. The van der Waals surface area contributed by atoms with Crippen LogP contribution in [0.5, 0.6) is 0 Å². The molecule has 0 fully saturated rings. The summed E-state index contributed by atoms with van der Waals surface area (Å²) in [5.41, 5.74) is 8.09. The van der Waals surface area contributed by atoms with E-state index in [-0.39, 0.29) is 11.9 Å². The second kappa shape index (κ2) is 5.34. The molecule has 20 heavy (non-hydrogen) atoms. The van der Waals surface area contributed by atoms with Crippen molar-refractivity contribution in [2.75, 3.05) is 0 Å². The molecule has 0 saturated heterocycles. The standard InChI is InChI=1S/C15H17N3OS/c1-10-17-7-13(20-10)9-18-8-12-5-3-2-4-11(12)6-14(18)15(16)19/h2-5,7,14H,6,8-9H2,1H3,(H2,16,19)/t14-/m0/s1. The van der Waals surface area contributed by atoms with Crippen LogP contribution in [0.15, 0.2) is 30.5 Å². The first-order chi connectivity index (χ1) is 9.63. The van der Waals surface area contributed by atoms with Crippen molar-refractivity contribution in [3.8, 4) is 0 Å². The second-order valence-corrected chi connectivity index (χ2v) is 6.46. The van der Waals surface area contributed by atoms with Gasteiger partial charge in [-0.25, -0.2) is 4.98 Å². The van der Waals surface area contributed by atoms with Crippen molar-refractivity contribution in [2.45, 2.75) is 32.5 Å². The molecule has 1 atom stereocenters. The molecule has 0 saturated carbocycles. The van der Waals surface area contributed by atoms with E-state index >= 15 is 0 Å². The number of carbonyl (C=O) groups excluding carboxylic acids is 1. The molecule has 1 aliphatic heterocycles. The number of rotatable bonds is 3. The van der Waals surface area contributed by atoms with Crippen LogP contribution in [0.2, 0.25) is 0 Å². The molecule has 0 aliphatic carbocycles. The van der Waals surface area contributed by atoms with Crippen LogP contribution in [0.3, 0.4) is 0 Å². The summed E-state index contributed by atoms with van der Waals surface area (Å²) in [5, 5.41) is 1.05. The molecule has 3 rings (SSSR count). The molecule has 4 nitrogen and oxygen atoms in total. The second-order valence-electron chi connectivity index (χ2n) is 5.14. The monoisotopic (exact) mass is 287 g/mol. The fourth-order valence-electron chi connectivity index (χ4n) is 2.70. The van der Waals surface area contributed by atoms with Crippen LogP contribution in [-0.2, 0) is 24.3 Å². The van der Waals surface area contributed by atoms with Gasteiger partial charge in [-0.2, -0.15) is 0 Å². The van der Waals surface area contributed by atoms with Gasteiger partial charge in [-0.3, -0.25) is 9.69 Å². The predicted molar refractivity (Wildman–Crippen MR) is 79.2 cm³/mol. The summed E-state index contributed by atoms with van der Waals surface area (Å²) in [4.78, 5) is 19.3. The van der Waals surface area contributed by atoms with E-state index in [1.54, 1.807) is 11.3 Å². The Bertz CT molecular complexity index is 638. The first-order valence-corrected chi connectivity index (χ1v) is 7.46. The number of amides is 1. The third-order valence-corrected chi connectivity index (χ3v) is 4.60. The number of nitrogens with zero attached hydrogens (tertiary/aromatic N) is 2. The van der Waals surface area contributed by atoms with Crippen LogP contribution >= 0.6 is 11.3 Å². The minimum Gasteiger partial charge on any atom is -0.368 e. The smallest absolute Gasteiger partial charge is 0.235 e. The molecule has 2 heterocycles. The van der Waals surface area contributed by atoms with Crippen LogP contribution in [-0.4, -0.2) is 21.8 Å². The maximum atomic E-state index is 11.7. The Morgan fingerprint density at radius 3 is 2.85 bits per heavy atom.